The average molecular weight is 300 g/mol. The highest BCUT2D eigenvalue weighted by Gasteiger charge is 2.45. The molecule has 114 valence electrons. The van der Waals surface area contributed by atoms with Crippen molar-refractivity contribution in [2.45, 2.75) is 31.3 Å². The van der Waals surface area contributed by atoms with Crippen molar-refractivity contribution in [3.8, 4) is 11.3 Å². The number of nitrogens with one attached hydrogen (secondary N) is 1. The van der Waals surface area contributed by atoms with E-state index >= 15 is 0 Å². The molecule has 1 saturated carbocycles. The van der Waals surface area contributed by atoms with Gasteiger partial charge in [0, 0.05) is 5.56 Å². The third-order valence-corrected chi connectivity index (χ3v) is 3.91. The number of rotatable bonds is 5. The van der Waals surface area contributed by atoms with Gasteiger partial charge in [-0.3, -0.25) is 4.79 Å². The van der Waals surface area contributed by atoms with E-state index in [9.17, 15) is 14.7 Å². The van der Waals surface area contributed by atoms with Crippen LogP contribution in [-0.4, -0.2) is 37.5 Å². The van der Waals surface area contributed by atoms with Crippen LogP contribution in [0.3, 0.4) is 0 Å². The third-order valence-electron chi connectivity index (χ3n) is 3.91. The molecule has 2 aromatic rings. The predicted octanol–water partition coefficient (Wildman–Crippen LogP) is 1.07. The number of nitrogens with zero attached hydrogens (tertiary/aromatic N) is 3. The predicted molar refractivity (Wildman–Crippen MR) is 77.8 cm³/mol. The lowest BCUT2D eigenvalue weighted by Gasteiger charge is -2.38. The lowest BCUT2D eigenvalue weighted by molar-refractivity contribution is -0.151. The second kappa shape index (κ2) is 5.59. The molecule has 7 nitrogen and oxygen atoms in total. The molecule has 1 aliphatic carbocycles. The van der Waals surface area contributed by atoms with Gasteiger partial charge in [0.15, 0.2) is 0 Å². The fourth-order valence-electron chi connectivity index (χ4n) is 2.49. The van der Waals surface area contributed by atoms with E-state index in [4.69, 9.17) is 0 Å². The fraction of sp³-hybridized carbons (Fsp3) is 0.333. The van der Waals surface area contributed by atoms with Crippen LogP contribution in [0.15, 0.2) is 36.5 Å². The summed E-state index contributed by atoms with van der Waals surface area (Å²) in [4.78, 5) is 23.2. The highest BCUT2D eigenvalue weighted by atomic mass is 16.4. The van der Waals surface area contributed by atoms with Crippen molar-refractivity contribution in [2.75, 3.05) is 0 Å². The first-order chi connectivity index (χ1) is 10.6. The Labute approximate surface area is 126 Å². The lowest BCUT2D eigenvalue weighted by atomic mass is 9.77. The van der Waals surface area contributed by atoms with Crippen molar-refractivity contribution in [3.63, 3.8) is 0 Å². The number of benzene rings is 1. The summed E-state index contributed by atoms with van der Waals surface area (Å²) in [6, 6.07) is 9.51. The molecule has 0 unspecified atom stereocenters. The highest BCUT2D eigenvalue weighted by molar-refractivity contribution is 5.87. The maximum Gasteiger partial charge on any atom is 0.329 e. The Morgan fingerprint density at radius 2 is 2.00 bits per heavy atom. The molecule has 1 aromatic carbocycles. The number of carboxylic acids is 1. The van der Waals surface area contributed by atoms with Gasteiger partial charge >= 0.3 is 5.97 Å². The van der Waals surface area contributed by atoms with Crippen LogP contribution >= 0.6 is 0 Å². The van der Waals surface area contributed by atoms with Crippen LogP contribution in [-0.2, 0) is 16.1 Å². The summed E-state index contributed by atoms with van der Waals surface area (Å²) in [5.74, 6) is -1.35. The summed E-state index contributed by atoms with van der Waals surface area (Å²) in [6.07, 6.45) is 3.43. The van der Waals surface area contributed by atoms with Gasteiger partial charge in [-0.25, -0.2) is 9.48 Å². The molecule has 0 aliphatic heterocycles. The quantitative estimate of drug-likeness (QED) is 0.861. The van der Waals surface area contributed by atoms with Crippen LogP contribution in [0.2, 0.25) is 0 Å². The Balaban J connectivity index is 1.65. The third kappa shape index (κ3) is 2.69. The summed E-state index contributed by atoms with van der Waals surface area (Å²) < 4.78 is 1.41. The van der Waals surface area contributed by atoms with Gasteiger partial charge in [-0.1, -0.05) is 35.5 Å². The number of carboxylic acid groups (broad SMARTS) is 1. The van der Waals surface area contributed by atoms with Crippen LogP contribution in [0.1, 0.15) is 19.3 Å². The summed E-state index contributed by atoms with van der Waals surface area (Å²) in [5.41, 5.74) is 0.486. The Bertz CT molecular complexity index is 692. The van der Waals surface area contributed by atoms with E-state index in [1.165, 1.54) is 4.68 Å². The van der Waals surface area contributed by atoms with Gasteiger partial charge < -0.3 is 10.4 Å². The van der Waals surface area contributed by atoms with Gasteiger partial charge in [-0.2, -0.15) is 0 Å². The van der Waals surface area contributed by atoms with Crippen molar-refractivity contribution >= 4 is 11.9 Å². The standard InChI is InChI=1S/C15H16N4O3/c20-13(16-15(14(21)22)7-4-8-15)10-19-9-12(17-18-19)11-5-2-1-3-6-11/h1-3,5-6,9H,4,7-8,10H2,(H,16,20)(H,21,22). The number of hydrogen-bond donors (Lipinski definition) is 2. The minimum Gasteiger partial charge on any atom is -0.480 e. The molecule has 1 heterocycles. The summed E-state index contributed by atoms with van der Waals surface area (Å²) in [5, 5.41) is 19.7. The molecule has 0 spiro atoms. The van der Waals surface area contributed by atoms with E-state index in [0.29, 0.717) is 18.5 Å². The van der Waals surface area contributed by atoms with E-state index in [0.717, 1.165) is 12.0 Å². The van der Waals surface area contributed by atoms with Crippen molar-refractivity contribution in [3.05, 3.63) is 36.5 Å². The average Bonchev–Trinajstić information content (AvgIpc) is 2.92. The molecule has 0 saturated heterocycles. The summed E-state index contributed by atoms with van der Waals surface area (Å²) in [7, 11) is 0. The zero-order valence-corrected chi connectivity index (χ0v) is 11.9. The smallest absolute Gasteiger partial charge is 0.329 e. The van der Waals surface area contributed by atoms with Gasteiger partial charge in [-0.15, -0.1) is 5.10 Å². The summed E-state index contributed by atoms with van der Waals surface area (Å²) in [6.45, 7) is -0.0468. The second-order valence-electron chi connectivity index (χ2n) is 5.46. The number of aliphatic carboxylic acids is 1. The molecule has 22 heavy (non-hydrogen) atoms. The van der Waals surface area contributed by atoms with Crippen LogP contribution < -0.4 is 5.32 Å². The normalized spacial score (nSPS) is 15.8. The van der Waals surface area contributed by atoms with Crippen molar-refractivity contribution in [1.29, 1.82) is 0 Å². The fourth-order valence-corrected chi connectivity index (χ4v) is 2.49. The molecule has 1 fully saturated rings. The lowest BCUT2D eigenvalue weighted by Crippen LogP contribution is -2.59. The number of amides is 1. The summed E-state index contributed by atoms with van der Waals surface area (Å²) >= 11 is 0. The Hall–Kier alpha value is -2.70. The molecule has 0 bridgehead atoms. The van der Waals surface area contributed by atoms with Crippen molar-refractivity contribution in [1.82, 2.24) is 20.3 Å². The van der Waals surface area contributed by atoms with Gasteiger partial charge in [0.05, 0.1) is 6.20 Å². The maximum atomic E-state index is 12.0. The van der Waals surface area contributed by atoms with Gasteiger partial charge in [-0.05, 0) is 19.3 Å². The molecule has 3 rings (SSSR count). The zero-order valence-electron chi connectivity index (χ0n) is 11.9. The van der Waals surface area contributed by atoms with E-state index in [1.807, 2.05) is 30.3 Å². The van der Waals surface area contributed by atoms with E-state index in [2.05, 4.69) is 15.6 Å². The van der Waals surface area contributed by atoms with E-state index in [1.54, 1.807) is 6.20 Å². The Morgan fingerprint density at radius 3 is 2.59 bits per heavy atom. The molecular weight excluding hydrogens is 284 g/mol. The van der Waals surface area contributed by atoms with Crippen molar-refractivity contribution < 1.29 is 14.7 Å². The maximum absolute atomic E-state index is 12.0. The van der Waals surface area contributed by atoms with Crippen LogP contribution in [0.25, 0.3) is 11.3 Å². The Morgan fingerprint density at radius 1 is 1.27 bits per heavy atom. The monoisotopic (exact) mass is 300 g/mol. The SMILES string of the molecule is O=C(Cn1cc(-c2ccccc2)nn1)NC1(C(=O)O)CCC1. The minimum atomic E-state index is -1.10. The van der Waals surface area contributed by atoms with Gasteiger partial charge in [0.1, 0.15) is 17.8 Å². The van der Waals surface area contributed by atoms with Gasteiger partial charge in [0.25, 0.3) is 0 Å². The molecule has 7 heteroatoms. The zero-order chi connectivity index (χ0) is 15.6. The minimum absolute atomic E-state index is 0.0468. The Kier molecular flexibility index (Phi) is 3.62. The van der Waals surface area contributed by atoms with E-state index < -0.39 is 11.5 Å². The van der Waals surface area contributed by atoms with Crippen LogP contribution in [0.5, 0.6) is 0 Å². The van der Waals surface area contributed by atoms with Gasteiger partial charge in [0.2, 0.25) is 5.91 Å². The van der Waals surface area contributed by atoms with Crippen LogP contribution in [0, 0.1) is 0 Å². The molecule has 1 amide bonds. The molecule has 0 radical (unpaired) electrons. The molecular formula is C15H16N4O3. The highest BCUT2D eigenvalue weighted by Crippen LogP contribution is 2.31. The molecule has 2 N–H and O–H groups in total. The molecule has 0 atom stereocenters. The molecule has 1 aromatic heterocycles. The second-order valence-corrected chi connectivity index (χ2v) is 5.46. The van der Waals surface area contributed by atoms with Crippen molar-refractivity contribution in [2.24, 2.45) is 0 Å². The first-order valence-electron chi connectivity index (χ1n) is 7.09. The van der Waals surface area contributed by atoms with Crippen LogP contribution in [0.4, 0.5) is 0 Å². The number of carbonyl (C=O) groups excluding carboxylic acids is 1. The van der Waals surface area contributed by atoms with E-state index in [-0.39, 0.29) is 12.5 Å². The number of carbonyl (C=O) groups is 2. The number of hydrogen-bond acceptors (Lipinski definition) is 4. The topological polar surface area (TPSA) is 97.1 Å². The largest absolute Gasteiger partial charge is 0.480 e. The number of aromatic nitrogens is 3. The first kappa shape index (κ1) is 14.2. The first-order valence-corrected chi connectivity index (χ1v) is 7.09. The molecule has 1 aliphatic rings.